The average Bonchev–Trinajstić information content (AvgIpc) is 2.55. The molecular weight excluding hydrogens is 286 g/mol. The van der Waals surface area contributed by atoms with E-state index >= 15 is 0 Å². The van der Waals surface area contributed by atoms with Gasteiger partial charge >= 0.3 is 0 Å². The zero-order chi connectivity index (χ0) is 14.2. The molecule has 0 atom stereocenters. The number of anilines is 2. The van der Waals surface area contributed by atoms with Gasteiger partial charge < -0.3 is 5.32 Å². The SMILES string of the molecule is O=c1c2c(cnn1-c1ccccc1)Nc1cnncc1S2. The Balaban J connectivity index is 1.86. The Hall–Kier alpha value is -2.67. The van der Waals surface area contributed by atoms with Crippen LogP contribution in [0.3, 0.4) is 0 Å². The molecule has 0 amide bonds. The van der Waals surface area contributed by atoms with E-state index in [1.54, 1.807) is 18.6 Å². The molecule has 0 saturated heterocycles. The van der Waals surface area contributed by atoms with Gasteiger partial charge in [-0.2, -0.15) is 20.0 Å². The third kappa shape index (κ3) is 1.98. The molecule has 0 aliphatic carbocycles. The van der Waals surface area contributed by atoms with Crippen LogP contribution >= 0.6 is 11.8 Å². The summed E-state index contributed by atoms with van der Waals surface area (Å²) in [6.07, 6.45) is 4.93. The molecule has 2 aromatic heterocycles. The molecule has 102 valence electrons. The van der Waals surface area contributed by atoms with Gasteiger partial charge in [0.1, 0.15) is 4.90 Å². The molecule has 0 bridgehead atoms. The van der Waals surface area contributed by atoms with E-state index in [0.717, 1.165) is 16.3 Å². The fourth-order valence-electron chi connectivity index (χ4n) is 2.12. The lowest BCUT2D eigenvalue weighted by molar-refractivity contribution is 0.783. The molecular formula is C14H9N5OS. The zero-order valence-corrected chi connectivity index (χ0v) is 11.5. The van der Waals surface area contributed by atoms with E-state index in [9.17, 15) is 4.79 Å². The minimum Gasteiger partial charge on any atom is -0.351 e. The minimum absolute atomic E-state index is 0.154. The van der Waals surface area contributed by atoms with E-state index in [1.165, 1.54) is 16.4 Å². The standard InChI is InChI=1S/C14H9N5OS/c20-14-13-11(18-10-6-15-16-8-12(10)21-13)7-17-19(14)9-4-2-1-3-5-9/h1-8,18H. The first kappa shape index (κ1) is 12.1. The van der Waals surface area contributed by atoms with Crippen molar-refractivity contribution in [2.45, 2.75) is 9.79 Å². The summed E-state index contributed by atoms with van der Waals surface area (Å²) in [5.41, 5.74) is 2.11. The van der Waals surface area contributed by atoms with Gasteiger partial charge in [-0.1, -0.05) is 30.0 Å². The van der Waals surface area contributed by atoms with Crippen LogP contribution in [0.25, 0.3) is 5.69 Å². The molecule has 0 radical (unpaired) electrons. The molecule has 1 aliphatic rings. The molecule has 1 N–H and O–H groups in total. The van der Waals surface area contributed by atoms with Gasteiger partial charge in [0.2, 0.25) is 0 Å². The van der Waals surface area contributed by atoms with Gasteiger partial charge in [-0.25, -0.2) is 0 Å². The van der Waals surface area contributed by atoms with Crippen LogP contribution < -0.4 is 10.9 Å². The Labute approximate surface area is 123 Å². The molecule has 6 nitrogen and oxygen atoms in total. The molecule has 3 heterocycles. The van der Waals surface area contributed by atoms with E-state index in [4.69, 9.17) is 0 Å². The fraction of sp³-hybridized carbons (Fsp3) is 0. The van der Waals surface area contributed by atoms with Gasteiger partial charge in [0.25, 0.3) is 5.56 Å². The Morgan fingerprint density at radius 3 is 2.67 bits per heavy atom. The second kappa shape index (κ2) is 4.71. The average molecular weight is 295 g/mol. The van der Waals surface area contributed by atoms with Gasteiger partial charge in [-0.05, 0) is 12.1 Å². The van der Waals surface area contributed by atoms with Crippen LogP contribution in [0.15, 0.2) is 63.5 Å². The van der Waals surface area contributed by atoms with Crippen molar-refractivity contribution in [2.75, 3.05) is 5.32 Å². The highest BCUT2D eigenvalue weighted by Crippen LogP contribution is 2.40. The second-order valence-electron chi connectivity index (χ2n) is 4.43. The van der Waals surface area contributed by atoms with Crippen molar-refractivity contribution in [3.05, 3.63) is 59.3 Å². The highest BCUT2D eigenvalue weighted by molar-refractivity contribution is 7.99. The summed E-state index contributed by atoms with van der Waals surface area (Å²) in [7, 11) is 0. The summed E-state index contributed by atoms with van der Waals surface area (Å²) >= 11 is 1.38. The maximum atomic E-state index is 12.6. The Morgan fingerprint density at radius 1 is 1.00 bits per heavy atom. The van der Waals surface area contributed by atoms with Crippen molar-refractivity contribution in [3.8, 4) is 5.69 Å². The van der Waals surface area contributed by atoms with Crippen molar-refractivity contribution >= 4 is 23.1 Å². The van der Waals surface area contributed by atoms with Gasteiger partial charge in [0.15, 0.2) is 0 Å². The van der Waals surface area contributed by atoms with Crippen LogP contribution in [0.2, 0.25) is 0 Å². The maximum absolute atomic E-state index is 12.6. The number of para-hydroxylation sites is 1. The third-order valence-corrected chi connectivity index (χ3v) is 4.25. The molecule has 7 heteroatoms. The summed E-state index contributed by atoms with van der Waals surface area (Å²) < 4.78 is 1.40. The van der Waals surface area contributed by atoms with Crippen molar-refractivity contribution in [3.63, 3.8) is 0 Å². The summed E-state index contributed by atoms with van der Waals surface area (Å²) in [6.45, 7) is 0. The molecule has 1 aromatic carbocycles. The van der Waals surface area contributed by atoms with Gasteiger partial charge in [0.05, 0.1) is 40.5 Å². The van der Waals surface area contributed by atoms with E-state index in [2.05, 4.69) is 20.6 Å². The lowest BCUT2D eigenvalue weighted by Crippen LogP contribution is -2.24. The Bertz CT molecular complexity index is 878. The van der Waals surface area contributed by atoms with Crippen LogP contribution in [0, 0.1) is 0 Å². The molecule has 0 spiro atoms. The highest BCUT2D eigenvalue weighted by Gasteiger charge is 2.21. The van der Waals surface area contributed by atoms with E-state index in [0.29, 0.717) is 10.6 Å². The van der Waals surface area contributed by atoms with Gasteiger partial charge in [-0.3, -0.25) is 4.79 Å². The normalized spacial score (nSPS) is 12.2. The summed E-state index contributed by atoms with van der Waals surface area (Å²) in [5.74, 6) is 0. The lowest BCUT2D eigenvalue weighted by atomic mass is 10.3. The zero-order valence-electron chi connectivity index (χ0n) is 10.7. The lowest BCUT2D eigenvalue weighted by Gasteiger charge is -2.19. The third-order valence-electron chi connectivity index (χ3n) is 3.11. The molecule has 3 aromatic rings. The van der Waals surface area contributed by atoms with E-state index in [-0.39, 0.29) is 5.56 Å². The fourth-order valence-corrected chi connectivity index (χ4v) is 3.04. The van der Waals surface area contributed by atoms with E-state index in [1.807, 2.05) is 30.3 Å². The van der Waals surface area contributed by atoms with Crippen LogP contribution in [0.4, 0.5) is 11.4 Å². The quantitative estimate of drug-likeness (QED) is 0.580. The number of rotatable bonds is 1. The monoisotopic (exact) mass is 295 g/mol. The Morgan fingerprint density at radius 2 is 1.81 bits per heavy atom. The Kier molecular flexibility index (Phi) is 2.71. The van der Waals surface area contributed by atoms with E-state index < -0.39 is 0 Å². The first-order valence-corrected chi connectivity index (χ1v) is 7.08. The maximum Gasteiger partial charge on any atom is 0.287 e. The summed E-state index contributed by atoms with van der Waals surface area (Å²) in [6, 6.07) is 9.35. The molecule has 0 fully saturated rings. The molecule has 21 heavy (non-hydrogen) atoms. The van der Waals surface area contributed by atoms with Gasteiger partial charge in [0, 0.05) is 0 Å². The number of hydrogen-bond acceptors (Lipinski definition) is 6. The number of nitrogens with one attached hydrogen (secondary N) is 1. The summed E-state index contributed by atoms with van der Waals surface area (Å²) in [5, 5.41) is 15.1. The van der Waals surface area contributed by atoms with Crippen LogP contribution in [-0.4, -0.2) is 20.0 Å². The molecule has 1 aliphatic heterocycles. The number of nitrogens with zero attached hydrogens (tertiary/aromatic N) is 4. The summed E-state index contributed by atoms with van der Waals surface area (Å²) in [4.78, 5) is 14.1. The number of benzene rings is 1. The van der Waals surface area contributed by atoms with Crippen LogP contribution in [-0.2, 0) is 0 Å². The first-order chi connectivity index (χ1) is 10.3. The predicted molar refractivity (Wildman–Crippen MR) is 79.3 cm³/mol. The minimum atomic E-state index is -0.154. The predicted octanol–water partition coefficient (Wildman–Crippen LogP) is 2.23. The van der Waals surface area contributed by atoms with Gasteiger partial charge in [-0.15, -0.1) is 0 Å². The van der Waals surface area contributed by atoms with Crippen molar-refractivity contribution < 1.29 is 0 Å². The first-order valence-electron chi connectivity index (χ1n) is 6.26. The molecule has 0 unspecified atom stereocenters. The van der Waals surface area contributed by atoms with Crippen LogP contribution in [0.1, 0.15) is 0 Å². The molecule has 0 saturated carbocycles. The van der Waals surface area contributed by atoms with Crippen molar-refractivity contribution in [1.29, 1.82) is 0 Å². The number of aromatic nitrogens is 4. The second-order valence-corrected chi connectivity index (χ2v) is 5.49. The largest absolute Gasteiger partial charge is 0.351 e. The highest BCUT2D eigenvalue weighted by atomic mass is 32.2. The number of hydrogen-bond donors (Lipinski definition) is 1. The topological polar surface area (TPSA) is 72.7 Å². The molecule has 4 rings (SSSR count). The van der Waals surface area contributed by atoms with Crippen LogP contribution in [0.5, 0.6) is 0 Å². The number of fused-ring (bicyclic) bond motifs is 2. The van der Waals surface area contributed by atoms with Crippen molar-refractivity contribution in [2.24, 2.45) is 0 Å². The smallest absolute Gasteiger partial charge is 0.287 e. The van der Waals surface area contributed by atoms with Crippen molar-refractivity contribution in [1.82, 2.24) is 20.0 Å².